The molecular weight excluding hydrogens is 364 g/mol. The maximum atomic E-state index is 12.3. The van der Waals surface area contributed by atoms with E-state index < -0.39 is 36.2 Å². The zero-order valence-electron chi connectivity index (χ0n) is 16.0. The summed E-state index contributed by atoms with van der Waals surface area (Å²) in [5, 5.41) is 2.73. The number of aryl methyl sites for hydroxylation is 2. The highest BCUT2D eigenvalue weighted by molar-refractivity contribution is 6.45. The number of carbonyl (C=O) groups excluding carboxylic acids is 5. The Labute approximate surface area is 162 Å². The van der Waals surface area contributed by atoms with Crippen LogP contribution in [0, 0.1) is 13.8 Å². The first kappa shape index (κ1) is 20.8. The summed E-state index contributed by atoms with van der Waals surface area (Å²) >= 11 is 0. The predicted molar refractivity (Wildman–Crippen MR) is 101 cm³/mol. The largest absolute Gasteiger partial charge is 0.335 e. The van der Waals surface area contributed by atoms with Crippen molar-refractivity contribution in [1.29, 1.82) is 0 Å². The van der Waals surface area contributed by atoms with Crippen LogP contribution in [-0.4, -0.2) is 71.0 Å². The molecule has 1 saturated heterocycles. The third kappa shape index (κ3) is 4.43. The van der Waals surface area contributed by atoms with E-state index in [-0.39, 0.29) is 13.1 Å². The van der Waals surface area contributed by atoms with Gasteiger partial charge in [0.05, 0.1) is 6.54 Å². The second-order valence-corrected chi connectivity index (χ2v) is 6.49. The van der Waals surface area contributed by atoms with Gasteiger partial charge in [-0.15, -0.1) is 6.58 Å². The molecule has 2 rings (SSSR count). The standard InChI is InChI=1S/C19H22N4O5/c1-5-8-22-17(26)18(27)23(19(22)28)11-16(25)21(4)10-15(24)20-14-9-12(2)6-7-13(14)3/h5-7,9H,1,8,10-11H2,2-4H3,(H,20,24). The minimum atomic E-state index is -1.08. The number of benzene rings is 1. The summed E-state index contributed by atoms with van der Waals surface area (Å²) in [4.78, 5) is 62.7. The fraction of sp³-hybridized carbons (Fsp3) is 0.316. The summed E-state index contributed by atoms with van der Waals surface area (Å²) in [5.41, 5.74) is 2.49. The molecule has 1 heterocycles. The smallest absolute Gasteiger partial charge is 0.335 e. The predicted octanol–water partition coefficient (Wildman–Crippen LogP) is 0.677. The van der Waals surface area contributed by atoms with Gasteiger partial charge in [0, 0.05) is 19.3 Å². The maximum Gasteiger partial charge on any atom is 0.335 e. The lowest BCUT2D eigenvalue weighted by Gasteiger charge is -2.20. The van der Waals surface area contributed by atoms with E-state index in [9.17, 15) is 24.0 Å². The average molecular weight is 386 g/mol. The highest BCUT2D eigenvalue weighted by atomic mass is 16.2. The molecule has 1 aromatic rings. The second kappa shape index (κ2) is 8.47. The Morgan fingerprint density at radius 1 is 1.14 bits per heavy atom. The molecule has 1 aliphatic heterocycles. The van der Waals surface area contributed by atoms with Gasteiger partial charge in [0.15, 0.2) is 0 Å². The SMILES string of the molecule is C=CCN1C(=O)C(=O)N(CC(=O)N(C)CC(=O)Nc2cc(C)ccc2C)C1=O. The first-order valence-electron chi connectivity index (χ1n) is 8.55. The normalized spacial score (nSPS) is 13.8. The van der Waals surface area contributed by atoms with Gasteiger partial charge in [-0.25, -0.2) is 9.69 Å². The minimum absolute atomic E-state index is 0.123. The summed E-state index contributed by atoms with van der Waals surface area (Å²) < 4.78 is 0. The Balaban J connectivity index is 1.97. The average Bonchev–Trinajstić information content (AvgIpc) is 2.83. The van der Waals surface area contributed by atoms with Crippen molar-refractivity contribution < 1.29 is 24.0 Å². The Kier molecular flexibility index (Phi) is 6.29. The molecule has 28 heavy (non-hydrogen) atoms. The zero-order valence-corrected chi connectivity index (χ0v) is 16.0. The van der Waals surface area contributed by atoms with Gasteiger partial charge in [-0.2, -0.15) is 0 Å². The number of nitrogens with zero attached hydrogens (tertiary/aromatic N) is 3. The topological polar surface area (TPSA) is 107 Å². The summed E-state index contributed by atoms with van der Waals surface area (Å²) in [6.45, 7) is 6.14. The van der Waals surface area contributed by atoms with E-state index >= 15 is 0 Å². The van der Waals surface area contributed by atoms with Gasteiger partial charge in [0.25, 0.3) is 0 Å². The van der Waals surface area contributed by atoms with Gasteiger partial charge in [-0.3, -0.25) is 24.1 Å². The van der Waals surface area contributed by atoms with Crippen molar-refractivity contribution >= 4 is 35.3 Å². The minimum Gasteiger partial charge on any atom is -0.335 e. The number of likely N-dealkylation sites (N-methyl/N-ethyl adjacent to an activating group) is 1. The van der Waals surface area contributed by atoms with E-state index in [2.05, 4.69) is 11.9 Å². The monoisotopic (exact) mass is 386 g/mol. The quantitative estimate of drug-likeness (QED) is 0.421. The third-order valence-electron chi connectivity index (χ3n) is 4.21. The fourth-order valence-electron chi connectivity index (χ4n) is 2.60. The molecular formula is C19H22N4O5. The molecule has 0 aliphatic carbocycles. The van der Waals surface area contributed by atoms with Crippen LogP contribution in [0.5, 0.6) is 0 Å². The van der Waals surface area contributed by atoms with Crippen molar-refractivity contribution in [1.82, 2.24) is 14.7 Å². The number of amides is 6. The fourth-order valence-corrected chi connectivity index (χ4v) is 2.60. The molecule has 1 aliphatic rings. The van der Waals surface area contributed by atoms with Crippen LogP contribution in [0.2, 0.25) is 0 Å². The molecule has 1 fully saturated rings. The van der Waals surface area contributed by atoms with E-state index in [1.165, 1.54) is 13.1 Å². The number of imide groups is 2. The summed E-state index contributed by atoms with van der Waals surface area (Å²) in [5.74, 6) is -3.15. The van der Waals surface area contributed by atoms with Crippen molar-refractivity contribution in [2.24, 2.45) is 0 Å². The number of hydrogen-bond donors (Lipinski definition) is 1. The zero-order chi connectivity index (χ0) is 21.0. The molecule has 0 aromatic heterocycles. The van der Waals surface area contributed by atoms with Crippen molar-refractivity contribution in [3.8, 4) is 0 Å². The van der Waals surface area contributed by atoms with Crippen LogP contribution >= 0.6 is 0 Å². The summed E-state index contributed by atoms with van der Waals surface area (Å²) in [6.07, 6.45) is 1.30. The number of hydrogen-bond acceptors (Lipinski definition) is 5. The summed E-state index contributed by atoms with van der Waals surface area (Å²) in [6, 6.07) is 4.73. The molecule has 0 unspecified atom stereocenters. The Morgan fingerprint density at radius 2 is 1.79 bits per heavy atom. The number of anilines is 1. The van der Waals surface area contributed by atoms with E-state index in [1.54, 1.807) is 0 Å². The number of urea groups is 1. The Bertz CT molecular complexity index is 864. The molecule has 0 atom stereocenters. The molecule has 6 amide bonds. The lowest BCUT2D eigenvalue weighted by atomic mass is 10.1. The van der Waals surface area contributed by atoms with E-state index in [0.717, 1.165) is 16.0 Å². The molecule has 9 heteroatoms. The molecule has 0 saturated carbocycles. The number of carbonyl (C=O) groups is 5. The van der Waals surface area contributed by atoms with Gasteiger partial charge in [-0.05, 0) is 31.0 Å². The van der Waals surface area contributed by atoms with Crippen LogP contribution in [-0.2, 0) is 19.2 Å². The van der Waals surface area contributed by atoms with Gasteiger partial charge in [0.2, 0.25) is 11.8 Å². The Hall–Kier alpha value is -3.49. The van der Waals surface area contributed by atoms with Crippen molar-refractivity contribution in [3.05, 3.63) is 42.0 Å². The molecule has 0 radical (unpaired) electrons. The maximum absolute atomic E-state index is 12.3. The van der Waals surface area contributed by atoms with Gasteiger partial charge < -0.3 is 10.2 Å². The first-order chi connectivity index (χ1) is 13.1. The lowest BCUT2D eigenvalue weighted by molar-refractivity contribution is -0.144. The van der Waals surface area contributed by atoms with Crippen molar-refractivity contribution in [2.75, 3.05) is 32.0 Å². The van der Waals surface area contributed by atoms with Crippen LogP contribution < -0.4 is 5.32 Å². The highest BCUT2D eigenvalue weighted by Crippen LogP contribution is 2.16. The van der Waals surface area contributed by atoms with Gasteiger partial charge in [0.1, 0.15) is 6.54 Å². The van der Waals surface area contributed by atoms with Crippen LogP contribution in [0.4, 0.5) is 10.5 Å². The van der Waals surface area contributed by atoms with Gasteiger partial charge in [-0.1, -0.05) is 18.2 Å². The number of nitrogens with one attached hydrogen (secondary N) is 1. The molecule has 1 N–H and O–H groups in total. The van der Waals surface area contributed by atoms with Crippen LogP contribution in [0.1, 0.15) is 11.1 Å². The molecule has 9 nitrogen and oxygen atoms in total. The van der Waals surface area contributed by atoms with E-state index in [4.69, 9.17) is 0 Å². The second-order valence-electron chi connectivity index (χ2n) is 6.49. The third-order valence-corrected chi connectivity index (χ3v) is 4.21. The molecule has 148 valence electrons. The molecule has 0 spiro atoms. The van der Waals surface area contributed by atoms with Crippen molar-refractivity contribution in [3.63, 3.8) is 0 Å². The molecule has 0 bridgehead atoms. The van der Waals surface area contributed by atoms with E-state index in [1.807, 2.05) is 32.0 Å². The van der Waals surface area contributed by atoms with Crippen LogP contribution in [0.25, 0.3) is 0 Å². The first-order valence-corrected chi connectivity index (χ1v) is 8.55. The summed E-state index contributed by atoms with van der Waals surface area (Å²) in [7, 11) is 1.37. The van der Waals surface area contributed by atoms with Gasteiger partial charge >= 0.3 is 17.8 Å². The van der Waals surface area contributed by atoms with Crippen LogP contribution in [0.3, 0.4) is 0 Å². The lowest BCUT2D eigenvalue weighted by Crippen LogP contribution is -2.44. The van der Waals surface area contributed by atoms with Crippen molar-refractivity contribution in [2.45, 2.75) is 13.8 Å². The molecule has 1 aromatic carbocycles. The Morgan fingerprint density at radius 3 is 2.43 bits per heavy atom. The van der Waals surface area contributed by atoms with E-state index in [0.29, 0.717) is 15.5 Å². The highest BCUT2D eigenvalue weighted by Gasteiger charge is 2.44. The van der Waals surface area contributed by atoms with Crippen LogP contribution in [0.15, 0.2) is 30.9 Å². The number of rotatable bonds is 7.